The lowest BCUT2D eigenvalue weighted by Gasteiger charge is -2.28. The van der Waals surface area contributed by atoms with Crippen LogP contribution in [0.25, 0.3) is 0 Å². The fourth-order valence-corrected chi connectivity index (χ4v) is 2.50. The molecule has 0 bridgehead atoms. The number of piperidine rings is 1. The van der Waals surface area contributed by atoms with Crippen molar-refractivity contribution in [2.75, 3.05) is 13.1 Å². The lowest BCUT2D eigenvalue weighted by molar-refractivity contribution is -0.0228. The second kappa shape index (κ2) is 5.73. The van der Waals surface area contributed by atoms with Crippen molar-refractivity contribution in [2.24, 2.45) is 0 Å². The summed E-state index contributed by atoms with van der Waals surface area (Å²) in [5.41, 5.74) is 0.294. The van der Waals surface area contributed by atoms with Crippen LogP contribution in [0.2, 0.25) is 0 Å². The molecule has 1 aliphatic rings. The molecule has 0 unspecified atom stereocenters. The molecule has 1 aromatic carbocycles. The molecule has 2 N–H and O–H groups in total. The molecule has 0 spiro atoms. The van der Waals surface area contributed by atoms with Crippen LogP contribution in [0.5, 0.6) is 0 Å². The summed E-state index contributed by atoms with van der Waals surface area (Å²) in [6.45, 7) is 1.55. The molecule has 2 aromatic rings. The molecule has 1 aromatic heterocycles. The number of nitrogens with one attached hydrogen (secondary N) is 1. The molecule has 0 aliphatic carbocycles. The van der Waals surface area contributed by atoms with Crippen LogP contribution >= 0.6 is 0 Å². The van der Waals surface area contributed by atoms with Crippen LogP contribution in [0.15, 0.2) is 34.9 Å². The van der Waals surface area contributed by atoms with Gasteiger partial charge < -0.3 is 14.9 Å². The zero-order valence-corrected chi connectivity index (χ0v) is 11.4. The van der Waals surface area contributed by atoms with Gasteiger partial charge in [-0.15, -0.1) is 0 Å². The van der Waals surface area contributed by atoms with E-state index in [1.807, 2.05) is 18.2 Å². The second-order valence-corrected chi connectivity index (χ2v) is 5.28. The van der Waals surface area contributed by atoms with Crippen LogP contribution in [0.1, 0.15) is 30.1 Å². The Labute approximate surface area is 118 Å². The van der Waals surface area contributed by atoms with Gasteiger partial charge in [0.05, 0.1) is 0 Å². The van der Waals surface area contributed by atoms with Crippen LogP contribution in [0, 0.1) is 0 Å². The molecular weight excluding hydrogens is 254 g/mol. The maximum Gasteiger partial charge on any atom is 0.258 e. The third-order valence-electron chi connectivity index (χ3n) is 3.78. The minimum absolute atomic E-state index is 0.363. The predicted molar refractivity (Wildman–Crippen MR) is 74.1 cm³/mol. The standard InChI is InChI=1S/C15H19N3O2/c19-15(8-10-16-11-9-15)14-17-13(18-20-14)7-6-12-4-2-1-3-5-12/h1-5,16,19H,6-11H2. The van der Waals surface area contributed by atoms with Gasteiger partial charge in [-0.1, -0.05) is 35.5 Å². The number of hydrogen-bond donors (Lipinski definition) is 2. The highest BCUT2D eigenvalue weighted by molar-refractivity contribution is 5.15. The summed E-state index contributed by atoms with van der Waals surface area (Å²) in [6.07, 6.45) is 2.84. The van der Waals surface area contributed by atoms with Crippen molar-refractivity contribution in [1.29, 1.82) is 0 Å². The molecule has 1 aliphatic heterocycles. The van der Waals surface area contributed by atoms with Crippen molar-refractivity contribution in [3.05, 3.63) is 47.6 Å². The topological polar surface area (TPSA) is 71.2 Å². The summed E-state index contributed by atoms with van der Waals surface area (Å²) in [5.74, 6) is 1.03. The Kier molecular flexibility index (Phi) is 3.80. The number of nitrogens with zero attached hydrogens (tertiary/aromatic N) is 2. The highest BCUT2D eigenvalue weighted by atomic mass is 16.5. The van der Waals surface area contributed by atoms with E-state index in [0.29, 0.717) is 24.6 Å². The van der Waals surface area contributed by atoms with Gasteiger partial charge >= 0.3 is 0 Å². The number of aromatic nitrogens is 2. The maximum absolute atomic E-state index is 10.5. The number of rotatable bonds is 4. The Morgan fingerprint density at radius 3 is 2.65 bits per heavy atom. The maximum atomic E-state index is 10.5. The number of aryl methyl sites for hydroxylation is 2. The fraction of sp³-hybridized carbons (Fsp3) is 0.467. The Balaban J connectivity index is 1.65. The quantitative estimate of drug-likeness (QED) is 0.881. The molecule has 0 radical (unpaired) electrons. The van der Waals surface area contributed by atoms with Gasteiger partial charge in [0.25, 0.3) is 5.89 Å². The molecule has 0 atom stereocenters. The van der Waals surface area contributed by atoms with Crippen molar-refractivity contribution in [2.45, 2.75) is 31.3 Å². The molecule has 0 amide bonds. The van der Waals surface area contributed by atoms with E-state index in [1.54, 1.807) is 0 Å². The molecule has 1 fully saturated rings. The summed E-state index contributed by atoms with van der Waals surface area (Å²) in [6, 6.07) is 10.2. The van der Waals surface area contributed by atoms with Crippen LogP contribution in [0.4, 0.5) is 0 Å². The lowest BCUT2D eigenvalue weighted by atomic mass is 9.92. The minimum atomic E-state index is -0.955. The van der Waals surface area contributed by atoms with E-state index in [-0.39, 0.29) is 0 Å². The number of hydrogen-bond acceptors (Lipinski definition) is 5. The van der Waals surface area contributed by atoms with Gasteiger partial charge in [-0.3, -0.25) is 0 Å². The lowest BCUT2D eigenvalue weighted by Crippen LogP contribution is -2.39. The Bertz CT molecular complexity index is 547. The van der Waals surface area contributed by atoms with Crippen LogP contribution < -0.4 is 5.32 Å². The highest BCUT2D eigenvalue weighted by Gasteiger charge is 2.36. The van der Waals surface area contributed by atoms with E-state index in [4.69, 9.17) is 4.52 Å². The predicted octanol–water partition coefficient (Wildman–Crippen LogP) is 1.43. The van der Waals surface area contributed by atoms with Crippen molar-refractivity contribution in [3.8, 4) is 0 Å². The molecular formula is C15H19N3O2. The summed E-state index contributed by atoms with van der Waals surface area (Å²) in [4.78, 5) is 4.37. The van der Waals surface area contributed by atoms with Crippen molar-refractivity contribution in [3.63, 3.8) is 0 Å². The van der Waals surface area contributed by atoms with Crippen molar-refractivity contribution in [1.82, 2.24) is 15.5 Å². The zero-order valence-electron chi connectivity index (χ0n) is 11.4. The average Bonchev–Trinajstić information content (AvgIpc) is 2.97. The van der Waals surface area contributed by atoms with E-state index in [1.165, 1.54) is 5.56 Å². The third kappa shape index (κ3) is 2.89. The van der Waals surface area contributed by atoms with Crippen LogP contribution in [-0.2, 0) is 18.4 Å². The first-order valence-electron chi connectivity index (χ1n) is 7.06. The molecule has 0 saturated carbocycles. The Morgan fingerprint density at radius 2 is 1.90 bits per heavy atom. The Hall–Kier alpha value is -1.72. The molecule has 106 valence electrons. The smallest absolute Gasteiger partial charge is 0.258 e. The first-order chi connectivity index (χ1) is 9.76. The molecule has 5 nitrogen and oxygen atoms in total. The minimum Gasteiger partial charge on any atom is -0.380 e. The summed E-state index contributed by atoms with van der Waals surface area (Å²) >= 11 is 0. The molecule has 2 heterocycles. The first-order valence-corrected chi connectivity index (χ1v) is 7.06. The average molecular weight is 273 g/mol. The van der Waals surface area contributed by atoms with E-state index in [0.717, 1.165) is 25.9 Å². The van der Waals surface area contributed by atoms with Crippen LogP contribution in [0.3, 0.4) is 0 Å². The van der Waals surface area contributed by atoms with Gasteiger partial charge in [-0.2, -0.15) is 4.98 Å². The highest BCUT2D eigenvalue weighted by Crippen LogP contribution is 2.28. The molecule has 20 heavy (non-hydrogen) atoms. The SMILES string of the molecule is OC1(c2nc(CCc3ccccc3)no2)CCNCC1. The molecule has 1 saturated heterocycles. The largest absolute Gasteiger partial charge is 0.380 e. The van der Waals surface area contributed by atoms with Crippen LogP contribution in [-0.4, -0.2) is 28.3 Å². The van der Waals surface area contributed by atoms with Gasteiger partial charge in [-0.25, -0.2) is 0 Å². The second-order valence-electron chi connectivity index (χ2n) is 5.28. The Morgan fingerprint density at radius 1 is 1.15 bits per heavy atom. The first kappa shape index (κ1) is 13.3. The van der Waals surface area contributed by atoms with Gasteiger partial charge in [0.15, 0.2) is 5.82 Å². The van der Waals surface area contributed by atoms with E-state index in [9.17, 15) is 5.11 Å². The molecule has 5 heteroatoms. The van der Waals surface area contributed by atoms with E-state index in [2.05, 4.69) is 27.6 Å². The molecule has 3 rings (SSSR count). The summed E-state index contributed by atoms with van der Waals surface area (Å²) in [5, 5.41) is 17.7. The van der Waals surface area contributed by atoms with Crippen molar-refractivity contribution >= 4 is 0 Å². The van der Waals surface area contributed by atoms with Crippen molar-refractivity contribution < 1.29 is 9.63 Å². The summed E-state index contributed by atoms with van der Waals surface area (Å²) in [7, 11) is 0. The van der Waals surface area contributed by atoms with Gasteiger partial charge in [0.2, 0.25) is 0 Å². The fourth-order valence-electron chi connectivity index (χ4n) is 2.50. The monoisotopic (exact) mass is 273 g/mol. The summed E-state index contributed by atoms with van der Waals surface area (Å²) < 4.78 is 5.26. The van der Waals surface area contributed by atoms with Gasteiger partial charge in [0, 0.05) is 6.42 Å². The van der Waals surface area contributed by atoms with Gasteiger partial charge in [-0.05, 0) is 37.9 Å². The normalized spacial score (nSPS) is 18.1. The number of aliphatic hydroxyl groups is 1. The number of benzene rings is 1. The van der Waals surface area contributed by atoms with E-state index >= 15 is 0 Å². The van der Waals surface area contributed by atoms with Gasteiger partial charge in [0.1, 0.15) is 5.60 Å². The zero-order chi connectivity index (χ0) is 13.8. The van der Waals surface area contributed by atoms with E-state index < -0.39 is 5.60 Å². The third-order valence-corrected chi connectivity index (χ3v) is 3.78.